The zero-order valence-electron chi connectivity index (χ0n) is 10.4. The fraction of sp³-hybridized carbons (Fsp3) is 0.231. The number of ether oxygens (including phenoxy) is 2. The fourth-order valence-electron chi connectivity index (χ4n) is 1.65. The lowest BCUT2D eigenvalue weighted by Crippen LogP contribution is -1.97. The number of hydrogen-bond acceptors (Lipinski definition) is 4. The maximum Gasteiger partial charge on any atom is 0.316 e. The van der Waals surface area contributed by atoms with Crippen LogP contribution in [0.1, 0.15) is 5.69 Å². The molecule has 0 amide bonds. The van der Waals surface area contributed by atoms with Gasteiger partial charge in [-0.25, -0.2) is 4.98 Å². The van der Waals surface area contributed by atoms with E-state index in [0.717, 1.165) is 27.2 Å². The Balaban J connectivity index is 2.60. The summed E-state index contributed by atoms with van der Waals surface area (Å²) in [5, 5.41) is 0. The summed E-state index contributed by atoms with van der Waals surface area (Å²) < 4.78 is 11.4. The Morgan fingerprint density at radius 3 is 2.50 bits per heavy atom. The minimum Gasteiger partial charge on any atom is -0.496 e. The number of halogens is 1. The second-order valence-corrected chi connectivity index (χ2v) is 4.64. The van der Waals surface area contributed by atoms with Gasteiger partial charge in [-0.15, -0.1) is 0 Å². The molecule has 0 saturated heterocycles. The summed E-state index contributed by atoms with van der Waals surface area (Å²) in [6, 6.07) is 8.02. The van der Waals surface area contributed by atoms with Crippen LogP contribution in [-0.2, 0) is 0 Å². The third-order valence-corrected chi connectivity index (χ3v) is 2.95. The zero-order chi connectivity index (χ0) is 13.1. The van der Waals surface area contributed by atoms with Gasteiger partial charge in [-0.05, 0) is 31.2 Å². The van der Waals surface area contributed by atoms with E-state index in [2.05, 4.69) is 25.9 Å². The highest BCUT2D eigenvalue weighted by molar-refractivity contribution is 9.10. The summed E-state index contributed by atoms with van der Waals surface area (Å²) in [5.74, 6) is 0.762. The van der Waals surface area contributed by atoms with Crippen molar-refractivity contribution < 1.29 is 9.47 Å². The molecule has 0 fully saturated rings. The lowest BCUT2D eigenvalue weighted by molar-refractivity contribution is 0.379. The van der Waals surface area contributed by atoms with E-state index in [-0.39, 0.29) is 0 Å². The van der Waals surface area contributed by atoms with Gasteiger partial charge in [0.15, 0.2) is 0 Å². The van der Waals surface area contributed by atoms with Crippen LogP contribution in [0, 0.1) is 6.92 Å². The van der Waals surface area contributed by atoms with Gasteiger partial charge in [-0.3, -0.25) is 0 Å². The summed E-state index contributed by atoms with van der Waals surface area (Å²) in [4.78, 5) is 8.51. The highest BCUT2D eigenvalue weighted by atomic mass is 79.9. The van der Waals surface area contributed by atoms with Crippen LogP contribution in [0.15, 0.2) is 28.7 Å². The van der Waals surface area contributed by atoms with Gasteiger partial charge in [0, 0.05) is 15.7 Å². The van der Waals surface area contributed by atoms with Crippen LogP contribution >= 0.6 is 15.9 Å². The minimum atomic E-state index is 0.354. The number of hydrogen-bond donors (Lipinski definition) is 0. The largest absolute Gasteiger partial charge is 0.496 e. The van der Waals surface area contributed by atoms with Crippen LogP contribution in [0.5, 0.6) is 11.8 Å². The third-order valence-electron chi connectivity index (χ3n) is 2.45. The maximum atomic E-state index is 5.35. The van der Waals surface area contributed by atoms with Crippen molar-refractivity contribution >= 4 is 15.9 Å². The van der Waals surface area contributed by atoms with Crippen LogP contribution < -0.4 is 9.47 Å². The first-order chi connectivity index (χ1) is 8.63. The van der Waals surface area contributed by atoms with Crippen molar-refractivity contribution in [3.63, 3.8) is 0 Å². The van der Waals surface area contributed by atoms with E-state index >= 15 is 0 Å². The molecule has 18 heavy (non-hydrogen) atoms. The third kappa shape index (κ3) is 2.61. The lowest BCUT2D eigenvalue weighted by atomic mass is 10.1. The van der Waals surface area contributed by atoms with Gasteiger partial charge >= 0.3 is 6.01 Å². The Kier molecular flexibility index (Phi) is 3.81. The smallest absolute Gasteiger partial charge is 0.316 e. The van der Waals surface area contributed by atoms with Gasteiger partial charge in [0.2, 0.25) is 0 Å². The molecule has 0 saturated carbocycles. The highest BCUT2D eigenvalue weighted by Gasteiger charge is 2.10. The van der Waals surface area contributed by atoms with Crippen molar-refractivity contribution in [2.24, 2.45) is 0 Å². The molecule has 94 valence electrons. The van der Waals surface area contributed by atoms with Crippen molar-refractivity contribution in [3.8, 4) is 23.0 Å². The van der Waals surface area contributed by atoms with Crippen molar-refractivity contribution in [1.82, 2.24) is 9.97 Å². The van der Waals surface area contributed by atoms with Gasteiger partial charge in [-0.2, -0.15) is 4.98 Å². The van der Waals surface area contributed by atoms with E-state index in [4.69, 9.17) is 9.47 Å². The van der Waals surface area contributed by atoms with Crippen LogP contribution in [0.4, 0.5) is 0 Å². The summed E-state index contributed by atoms with van der Waals surface area (Å²) in [6.07, 6.45) is 0. The molecule has 2 aromatic rings. The Hall–Kier alpha value is -1.62. The monoisotopic (exact) mass is 308 g/mol. The van der Waals surface area contributed by atoms with E-state index in [1.807, 2.05) is 31.2 Å². The Bertz CT molecular complexity index is 573. The topological polar surface area (TPSA) is 44.2 Å². The predicted octanol–water partition coefficient (Wildman–Crippen LogP) is 3.23. The second-order valence-electron chi connectivity index (χ2n) is 3.73. The standard InChI is InChI=1S/C13H13BrN2O2/c1-8-6-11(16-13(15-8)18-3)10-7-9(14)4-5-12(10)17-2/h4-7H,1-3H3. The van der Waals surface area contributed by atoms with Gasteiger partial charge < -0.3 is 9.47 Å². The predicted molar refractivity (Wildman–Crippen MR) is 73.0 cm³/mol. The summed E-state index contributed by atoms with van der Waals surface area (Å²) in [6.45, 7) is 1.90. The van der Waals surface area contributed by atoms with Gasteiger partial charge in [0.05, 0.1) is 19.9 Å². The number of methoxy groups -OCH3 is 2. The Morgan fingerprint density at radius 2 is 1.83 bits per heavy atom. The molecule has 0 radical (unpaired) electrons. The first kappa shape index (κ1) is 12.8. The lowest BCUT2D eigenvalue weighted by Gasteiger charge is -2.10. The number of aryl methyl sites for hydroxylation is 1. The van der Waals surface area contributed by atoms with Crippen molar-refractivity contribution in [1.29, 1.82) is 0 Å². The van der Waals surface area contributed by atoms with E-state index < -0.39 is 0 Å². The normalized spacial score (nSPS) is 10.2. The number of aromatic nitrogens is 2. The fourth-order valence-corrected chi connectivity index (χ4v) is 2.01. The summed E-state index contributed by atoms with van der Waals surface area (Å²) in [7, 11) is 3.19. The average molecular weight is 309 g/mol. The molecule has 4 nitrogen and oxygen atoms in total. The van der Waals surface area contributed by atoms with Crippen molar-refractivity contribution in [2.75, 3.05) is 14.2 Å². The molecule has 0 unspecified atom stereocenters. The van der Waals surface area contributed by atoms with E-state index in [1.165, 1.54) is 0 Å². The molecule has 0 aliphatic rings. The molecule has 0 atom stereocenters. The summed E-state index contributed by atoms with van der Waals surface area (Å²) >= 11 is 3.45. The SMILES string of the molecule is COc1nc(C)cc(-c2cc(Br)ccc2OC)n1. The molecule has 1 aromatic carbocycles. The second kappa shape index (κ2) is 5.35. The zero-order valence-corrected chi connectivity index (χ0v) is 12.0. The number of nitrogens with zero attached hydrogens (tertiary/aromatic N) is 2. The molecular formula is C13H13BrN2O2. The molecule has 1 aromatic heterocycles. The van der Waals surface area contributed by atoms with Crippen LogP contribution in [0.2, 0.25) is 0 Å². The van der Waals surface area contributed by atoms with E-state index in [1.54, 1.807) is 14.2 Å². The maximum absolute atomic E-state index is 5.35. The van der Waals surface area contributed by atoms with E-state index in [9.17, 15) is 0 Å². The molecule has 0 bridgehead atoms. The molecule has 5 heteroatoms. The average Bonchev–Trinajstić information content (AvgIpc) is 2.38. The molecule has 0 N–H and O–H groups in total. The van der Waals surface area contributed by atoms with Crippen molar-refractivity contribution in [2.45, 2.75) is 6.92 Å². The minimum absolute atomic E-state index is 0.354. The van der Waals surface area contributed by atoms with Crippen LogP contribution in [0.25, 0.3) is 11.3 Å². The number of rotatable bonds is 3. The Morgan fingerprint density at radius 1 is 1.06 bits per heavy atom. The van der Waals surface area contributed by atoms with Gasteiger partial charge in [0.25, 0.3) is 0 Å². The molecular weight excluding hydrogens is 296 g/mol. The van der Waals surface area contributed by atoms with Crippen LogP contribution in [-0.4, -0.2) is 24.2 Å². The molecule has 2 rings (SSSR count). The molecule has 0 aliphatic heterocycles. The van der Waals surface area contributed by atoms with Gasteiger partial charge in [0.1, 0.15) is 5.75 Å². The Labute approximate surface area is 114 Å². The quantitative estimate of drug-likeness (QED) is 0.873. The first-order valence-electron chi connectivity index (χ1n) is 5.37. The molecule has 1 heterocycles. The van der Waals surface area contributed by atoms with E-state index in [0.29, 0.717) is 6.01 Å². The molecule has 0 spiro atoms. The van der Waals surface area contributed by atoms with Crippen LogP contribution in [0.3, 0.4) is 0 Å². The van der Waals surface area contributed by atoms with Crippen molar-refractivity contribution in [3.05, 3.63) is 34.4 Å². The van der Waals surface area contributed by atoms with Gasteiger partial charge in [-0.1, -0.05) is 15.9 Å². The number of benzene rings is 1. The summed E-state index contributed by atoms with van der Waals surface area (Å²) in [5.41, 5.74) is 2.52. The molecule has 0 aliphatic carbocycles. The highest BCUT2D eigenvalue weighted by Crippen LogP contribution is 2.32. The first-order valence-corrected chi connectivity index (χ1v) is 6.17.